The summed E-state index contributed by atoms with van der Waals surface area (Å²) in [6.07, 6.45) is 3.28. The Morgan fingerprint density at radius 1 is 0.944 bits per heavy atom. The lowest BCUT2D eigenvalue weighted by Gasteiger charge is -2.66. The molecule has 0 aromatic heterocycles. The Morgan fingerprint density at radius 2 is 1.58 bits per heavy atom. The van der Waals surface area contributed by atoms with E-state index >= 15 is 0 Å². The van der Waals surface area contributed by atoms with E-state index in [1.54, 1.807) is 0 Å². The molecule has 0 bridgehead atoms. The average Bonchev–Trinajstić information content (AvgIpc) is 3.02. The number of hydrogen-bond donors (Lipinski definition) is 5. The van der Waals surface area contributed by atoms with Gasteiger partial charge in [-0.3, -0.25) is 4.55 Å². The van der Waals surface area contributed by atoms with Crippen molar-refractivity contribution in [1.82, 2.24) is 0 Å². The maximum atomic E-state index is 12.4. The molecule has 210 valence electrons. The molecule has 4 saturated carbocycles. The van der Waals surface area contributed by atoms with Gasteiger partial charge in [-0.25, -0.2) is 4.18 Å². The van der Waals surface area contributed by atoms with E-state index in [0.717, 1.165) is 19.3 Å². The standard InChI is InChI=1S/C27H48O8S/c1-15(2)22(35-36(32,33)34)7-6-16(3)18-13-20(29)24-26(18,5)11-9-23-25(4)10-8-17(28)12-19(25)21(30)14-27(23,24)31/h15-24,28-31H,6-14H2,1-5H3,(H,32,33,34)/t16-,17+,18-,19-,20?,21?,22?,23-,24-,25+,26-,27+/m1/s1. The first-order chi connectivity index (χ1) is 16.5. The molecule has 0 aromatic rings. The second-order valence-corrected chi connectivity index (χ2v) is 14.7. The van der Waals surface area contributed by atoms with Gasteiger partial charge in [-0.05, 0) is 91.8 Å². The molecular weight excluding hydrogens is 484 g/mol. The Bertz CT molecular complexity index is 909. The van der Waals surface area contributed by atoms with Gasteiger partial charge in [-0.15, -0.1) is 0 Å². The molecule has 0 radical (unpaired) electrons. The predicted octanol–water partition coefficient (Wildman–Crippen LogP) is 3.32. The molecule has 8 nitrogen and oxygen atoms in total. The third-order valence-corrected chi connectivity index (χ3v) is 11.8. The lowest BCUT2D eigenvalue weighted by atomic mass is 9.42. The molecule has 4 fully saturated rings. The lowest BCUT2D eigenvalue weighted by molar-refractivity contribution is -0.263. The summed E-state index contributed by atoms with van der Waals surface area (Å²) in [5.41, 5.74) is -1.74. The van der Waals surface area contributed by atoms with Gasteiger partial charge >= 0.3 is 10.4 Å². The van der Waals surface area contributed by atoms with E-state index < -0.39 is 40.4 Å². The highest BCUT2D eigenvalue weighted by atomic mass is 32.3. The lowest BCUT2D eigenvalue weighted by Crippen LogP contribution is -2.68. The van der Waals surface area contributed by atoms with Crippen LogP contribution < -0.4 is 0 Å². The van der Waals surface area contributed by atoms with Gasteiger partial charge < -0.3 is 20.4 Å². The molecule has 4 aliphatic rings. The fourth-order valence-electron chi connectivity index (χ4n) is 9.68. The largest absolute Gasteiger partial charge is 0.397 e. The van der Waals surface area contributed by atoms with E-state index in [4.69, 9.17) is 4.18 Å². The fraction of sp³-hybridized carbons (Fsp3) is 1.00. The highest BCUT2D eigenvalue weighted by Crippen LogP contribution is 2.69. The Kier molecular flexibility index (Phi) is 7.75. The van der Waals surface area contributed by atoms with Crippen molar-refractivity contribution in [3.8, 4) is 0 Å². The summed E-state index contributed by atoms with van der Waals surface area (Å²) in [5.74, 6) is -0.203. The van der Waals surface area contributed by atoms with E-state index in [-0.39, 0.29) is 52.8 Å². The summed E-state index contributed by atoms with van der Waals surface area (Å²) >= 11 is 0. The zero-order chi connectivity index (χ0) is 26.8. The molecule has 3 unspecified atom stereocenters. The minimum absolute atomic E-state index is 0.0267. The van der Waals surface area contributed by atoms with Gasteiger partial charge in [0, 0.05) is 12.3 Å². The van der Waals surface area contributed by atoms with Crippen LogP contribution in [0.1, 0.15) is 92.4 Å². The van der Waals surface area contributed by atoms with Gasteiger partial charge in [0.05, 0.1) is 30.0 Å². The van der Waals surface area contributed by atoms with Crippen molar-refractivity contribution in [1.29, 1.82) is 0 Å². The molecule has 36 heavy (non-hydrogen) atoms. The molecular formula is C27H48O8S. The van der Waals surface area contributed by atoms with Crippen molar-refractivity contribution in [3.05, 3.63) is 0 Å². The van der Waals surface area contributed by atoms with E-state index in [0.29, 0.717) is 32.1 Å². The third kappa shape index (κ3) is 4.80. The Labute approximate surface area is 216 Å². The summed E-state index contributed by atoms with van der Waals surface area (Å²) in [6.45, 7) is 10.2. The molecule has 0 amide bonds. The number of rotatable bonds is 7. The SMILES string of the molecule is CC(C)C(CC[C@@H](C)[C@H]1CC(O)[C@@H]2[C@]1(C)CC[C@@H]1[C@@]3(C)CC[C@H](O)C[C@@H]3C(O)C[C@]12O)OS(=O)(=O)O. The Morgan fingerprint density at radius 3 is 2.19 bits per heavy atom. The van der Waals surface area contributed by atoms with Crippen molar-refractivity contribution in [2.75, 3.05) is 0 Å². The van der Waals surface area contributed by atoms with E-state index in [1.807, 2.05) is 13.8 Å². The van der Waals surface area contributed by atoms with Crippen LogP contribution in [0.15, 0.2) is 0 Å². The van der Waals surface area contributed by atoms with Crippen LogP contribution in [-0.2, 0) is 14.6 Å². The number of hydrogen-bond acceptors (Lipinski definition) is 7. The zero-order valence-electron chi connectivity index (χ0n) is 22.5. The van der Waals surface area contributed by atoms with Gasteiger partial charge in [0.15, 0.2) is 0 Å². The summed E-state index contributed by atoms with van der Waals surface area (Å²) in [5, 5.41) is 45.3. The van der Waals surface area contributed by atoms with Crippen molar-refractivity contribution in [3.63, 3.8) is 0 Å². The van der Waals surface area contributed by atoms with Gasteiger partial charge in [0.1, 0.15) is 0 Å². The first-order valence-corrected chi connectivity index (χ1v) is 15.3. The van der Waals surface area contributed by atoms with Crippen molar-refractivity contribution < 1.29 is 37.6 Å². The minimum atomic E-state index is -4.53. The third-order valence-electron chi connectivity index (χ3n) is 11.3. The van der Waals surface area contributed by atoms with Gasteiger partial charge in [-0.1, -0.05) is 34.6 Å². The van der Waals surface area contributed by atoms with Crippen LogP contribution in [0.5, 0.6) is 0 Å². The summed E-state index contributed by atoms with van der Waals surface area (Å²) in [7, 11) is -4.53. The van der Waals surface area contributed by atoms with Crippen LogP contribution in [0.3, 0.4) is 0 Å². The predicted molar refractivity (Wildman–Crippen MR) is 135 cm³/mol. The molecule has 0 spiro atoms. The van der Waals surface area contributed by atoms with Crippen LogP contribution in [0, 0.1) is 46.3 Å². The summed E-state index contributed by atoms with van der Waals surface area (Å²) in [6, 6.07) is 0. The number of fused-ring (bicyclic) bond motifs is 5. The van der Waals surface area contributed by atoms with E-state index in [2.05, 4.69) is 20.8 Å². The molecule has 5 N–H and O–H groups in total. The van der Waals surface area contributed by atoms with E-state index in [1.165, 1.54) is 0 Å². The second kappa shape index (κ2) is 9.72. The van der Waals surface area contributed by atoms with Crippen LogP contribution in [-0.4, -0.2) is 63.4 Å². The van der Waals surface area contributed by atoms with Gasteiger partial charge in [0.2, 0.25) is 0 Å². The van der Waals surface area contributed by atoms with Crippen LogP contribution >= 0.6 is 0 Å². The maximum absolute atomic E-state index is 12.4. The molecule has 0 saturated heterocycles. The Balaban J connectivity index is 1.55. The van der Waals surface area contributed by atoms with Crippen molar-refractivity contribution >= 4 is 10.4 Å². The first kappa shape index (κ1) is 28.7. The first-order valence-electron chi connectivity index (χ1n) is 13.9. The molecule has 0 aromatic carbocycles. The monoisotopic (exact) mass is 532 g/mol. The summed E-state index contributed by atoms with van der Waals surface area (Å²) < 4.78 is 36.7. The average molecular weight is 533 g/mol. The molecule has 4 aliphatic carbocycles. The van der Waals surface area contributed by atoms with Gasteiger partial charge in [-0.2, -0.15) is 8.42 Å². The zero-order valence-corrected chi connectivity index (χ0v) is 23.3. The summed E-state index contributed by atoms with van der Waals surface area (Å²) in [4.78, 5) is 0. The molecule has 0 aliphatic heterocycles. The molecule has 12 atom stereocenters. The smallest absolute Gasteiger partial charge is 0.393 e. The van der Waals surface area contributed by atoms with Crippen LogP contribution in [0.25, 0.3) is 0 Å². The van der Waals surface area contributed by atoms with E-state index in [9.17, 15) is 33.4 Å². The van der Waals surface area contributed by atoms with Crippen LogP contribution in [0.4, 0.5) is 0 Å². The maximum Gasteiger partial charge on any atom is 0.397 e. The Hall–Kier alpha value is -0.290. The number of aliphatic hydroxyl groups excluding tert-OH is 3. The van der Waals surface area contributed by atoms with Crippen molar-refractivity contribution in [2.24, 2.45) is 46.3 Å². The second-order valence-electron chi connectivity index (χ2n) is 13.6. The van der Waals surface area contributed by atoms with Crippen molar-refractivity contribution in [2.45, 2.75) is 122 Å². The molecule has 9 heteroatoms. The van der Waals surface area contributed by atoms with Gasteiger partial charge in [0.25, 0.3) is 0 Å². The highest BCUT2D eigenvalue weighted by molar-refractivity contribution is 7.80. The topological polar surface area (TPSA) is 145 Å². The molecule has 0 heterocycles. The van der Waals surface area contributed by atoms with Crippen LogP contribution in [0.2, 0.25) is 0 Å². The highest BCUT2D eigenvalue weighted by Gasteiger charge is 2.70. The fourth-order valence-corrected chi connectivity index (χ4v) is 10.3. The normalized spacial score (nSPS) is 48.7. The quantitative estimate of drug-likeness (QED) is 0.314. The minimum Gasteiger partial charge on any atom is -0.393 e. The molecule has 4 rings (SSSR count). The number of aliphatic hydroxyl groups is 4.